The number of hydrogen-bond acceptors (Lipinski definition) is 5. The Morgan fingerprint density at radius 3 is 2.45 bits per heavy atom. The number of ether oxygens (including phenoxy) is 2. The maximum Gasteiger partial charge on any atom is 0.491 e. The molecule has 0 bridgehead atoms. The summed E-state index contributed by atoms with van der Waals surface area (Å²) in [4.78, 5) is 24.3. The number of esters is 1. The lowest BCUT2D eigenvalue weighted by molar-refractivity contribution is -0.189. The van der Waals surface area contributed by atoms with Gasteiger partial charge in [0.25, 0.3) is 5.91 Å². The zero-order valence-electron chi connectivity index (χ0n) is 17.0. The van der Waals surface area contributed by atoms with Crippen LogP contribution in [-0.4, -0.2) is 31.2 Å². The summed E-state index contributed by atoms with van der Waals surface area (Å²) >= 11 is 0. The van der Waals surface area contributed by atoms with Crippen LogP contribution < -0.4 is 20.5 Å². The molecule has 0 heterocycles. The van der Waals surface area contributed by atoms with Crippen molar-refractivity contribution < 1.29 is 36.6 Å². The molecule has 0 fully saturated rings. The Bertz CT molecular complexity index is 1200. The second-order valence-electron chi connectivity index (χ2n) is 6.79. The monoisotopic (exact) mass is 462 g/mol. The zero-order valence-corrected chi connectivity index (χ0v) is 17.0. The maximum atomic E-state index is 12.9. The zero-order chi connectivity index (χ0) is 24.0. The summed E-state index contributed by atoms with van der Waals surface area (Å²) in [6.07, 6.45) is -5.04. The smallest absolute Gasteiger partial charge is 0.489 e. The molecule has 1 amide bonds. The average molecular weight is 462 g/mol. The number of hydrogen-bond donors (Lipinski definition) is 2. The highest BCUT2D eigenvalue weighted by molar-refractivity contribution is 6.10. The first-order valence-electron chi connectivity index (χ1n) is 9.56. The Morgan fingerprint density at radius 2 is 1.76 bits per heavy atom. The SMILES string of the molecule is NC/C(=C/F)COc1ccc(C(=O)Nc2cccc3ccccc23)c(OC(=O)C(F)(F)F)c1. The Morgan fingerprint density at radius 1 is 1.03 bits per heavy atom. The normalized spacial score (nSPS) is 11.8. The molecule has 0 saturated carbocycles. The Hall–Kier alpha value is -3.92. The van der Waals surface area contributed by atoms with E-state index in [4.69, 9.17) is 10.5 Å². The van der Waals surface area contributed by atoms with Crippen molar-refractivity contribution >= 4 is 28.3 Å². The highest BCUT2D eigenvalue weighted by Crippen LogP contribution is 2.30. The summed E-state index contributed by atoms with van der Waals surface area (Å²) in [5, 5.41) is 4.15. The lowest BCUT2D eigenvalue weighted by Crippen LogP contribution is -2.29. The Labute approximate surface area is 185 Å². The molecule has 0 saturated heterocycles. The van der Waals surface area contributed by atoms with Crippen molar-refractivity contribution in [2.75, 3.05) is 18.5 Å². The molecular formula is C23H18F4N2O4. The third kappa shape index (κ3) is 5.86. The third-order valence-electron chi connectivity index (χ3n) is 4.51. The van der Waals surface area contributed by atoms with Crippen LogP contribution in [0.2, 0.25) is 0 Å². The molecule has 0 aliphatic rings. The fourth-order valence-electron chi connectivity index (χ4n) is 2.86. The third-order valence-corrected chi connectivity index (χ3v) is 4.51. The standard InChI is InChI=1S/C23H18F4N2O4/c24-11-14(12-28)13-32-16-8-9-18(20(10-16)33-22(31)23(25,26)27)21(30)29-19-7-3-5-15-4-1-2-6-17(15)19/h1-11H,12-13,28H2,(H,29,30)/b14-11-. The second kappa shape index (κ2) is 10.1. The summed E-state index contributed by atoms with van der Waals surface area (Å²) in [6, 6.07) is 15.7. The largest absolute Gasteiger partial charge is 0.491 e. The maximum absolute atomic E-state index is 12.9. The van der Waals surface area contributed by atoms with E-state index in [1.54, 1.807) is 24.3 Å². The van der Waals surface area contributed by atoms with Gasteiger partial charge in [0.1, 0.15) is 18.1 Å². The Balaban J connectivity index is 1.92. The van der Waals surface area contributed by atoms with Crippen LogP contribution in [0.5, 0.6) is 11.5 Å². The molecule has 0 unspecified atom stereocenters. The van der Waals surface area contributed by atoms with Crippen LogP contribution in [0.25, 0.3) is 10.8 Å². The number of carbonyl (C=O) groups excluding carboxylic acids is 2. The van der Waals surface area contributed by atoms with Crippen molar-refractivity contribution in [2.45, 2.75) is 6.18 Å². The van der Waals surface area contributed by atoms with Crippen LogP contribution in [0.3, 0.4) is 0 Å². The number of rotatable bonds is 7. The number of fused-ring (bicyclic) bond motifs is 1. The predicted molar refractivity (Wildman–Crippen MR) is 114 cm³/mol. The molecule has 3 aromatic rings. The minimum atomic E-state index is -5.29. The molecule has 0 atom stereocenters. The van der Waals surface area contributed by atoms with Gasteiger partial charge in [-0.05, 0) is 23.6 Å². The van der Waals surface area contributed by atoms with E-state index in [0.29, 0.717) is 11.1 Å². The van der Waals surface area contributed by atoms with Gasteiger partial charge < -0.3 is 20.5 Å². The van der Waals surface area contributed by atoms with Gasteiger partial charge in [0, 0.05) is 29.3 Å². The van der Waals surface area contributed by atoms with Gasteiger partial charge in [-0.25, -0.2) is 9.18 Å². The summed E-state index contributed by atoms with van der Waals surface area (Å²) in [7, 11) is 0. The summed E-state index contributed by atoms with van der Waals surface area (Å²) in [5.74, 6) is -4.06. The molecule has 172 valence electrons. The first-order chi connectivity index (χ1) is 15.7. The van der Waals surface area contributed by atoms with Gasteiger partial charge in [0.05, 0.1) is 11.9 Å². The van der Waals surface area contributed by atoms with E-state index < -0.39 is 23.8 Å². The van der Waals surface area contributed by atoms with Crippen LogP contribution in [0.4, 0.5) is 23.2 Å². The van der Waals surface area contributed by atoms with Gasteiger partial charge in [0.15, 0.2) is 0 Å². The fraction of sp³-hybridized carbons (Fsp3) is 0.130. The van der Waals surface area contributed by atoms with E-state index in [-0.39, 0.29) is 36.4 Å². The average Bonchev–Trinajstić information content (AvgIpc) is 2.79. The summed E-state index contributed by atoms with van der Waals surface area (Å²) in [6.45, 7) is -0.431. The van der Waals surface area contributed by atoms with E-state index >= 15 is 0 Å². The molecule has 3 rings (SSSR count). The number of carbonyl (C=O) groups is 2. The number of nitrogens with two attached hydrogens (primary N) is 1. The minimum absolute atomic E-state index is 0.0607. The highest BCUT2D eigenvalue weighted by Gasteiger charge is 2.42. The molecule has 10 heteroatoms. The van der Waals surface area contributed by atoms with Gasteiger partial charge in [-0.3, -0.25) is 4.79 Å². The molecule has 33 heavy (non-hydrogen) atoms. The fourth-order valence-corrected chi connectivity index (χ4v) is 2.86. The van der Waals surface area contributed by atoms with Crippen LogP contribution in [0.1, 0.15) is 10.4 Å². The predicted octanol–water partition coefficient (Wildman–Crippen LogP) is 4.75. The summed E-state index contributed by atoms with van der Waals surface area (Å²) < 4.78 is 60.7. The van der Waals surface area contributed by atoms with Crippen molar-refractivity contribution in [3.8, 4) is 11.5 Å². The quantitative estimate of drug-likeness (QED) is 0.300. The molecule has 3 N–H and O–H groups in total. The highest BCUT2D eigenvalue weighted by atomic mass is 19.4. The number of amides is 1. The van der Waals surface area contributed by atoms with Gasteiger partial charge in [-0.1, -0.05) is 36.4 Å². The molecule has 0 spiro atoms. The van der Waals surface area contributed by atoms with Crippen molar-refractivity contribution in [2.24, 2.45) is 5.73 Å². The summed E-state index contributed by atoms with van der Waals surface area (Å²) in [5.41, 5.74) is 5.49. The van der Waals surface area contributed by atoms with Crippen LogP contribution in [0.15, 0.2) is 72.6 Å². The molecule has 0 aromatic heterocycles. The molecule has 6 nitrogen and oxygen atoms in total. The van der Waals surface area contributed by atoms with Gasteiger partial charge in [-0.15, -0.1) is 0 Å². The number of anilines is 1. The van der Waals surface area contributed by atoms with E-state index in [1.807, 2.05) is 18.2 Å². The number of benzene rings is 3. The van der Waals surface area contributed by atoms with Gasteiger partial charge in [-0.2, -0.15) is 13.2 Å². The topological polar surface area (TPSA) is 90.7 Å². The second-order valence-corrected chi connectivity index (χ2v) is 6.79. The number of alkyl halides is 3. The first kappa shape index (κ1) is 23.7. The van der Waals surface area contributed by atoms with Gasteiger partial charge >= 0.3 is 12.1 Å². The molecular weight excluding hydrogens is 444 g/mol. The number of halogens is 4. The molecule has 0 aliphatic heterocycles. The molecule has 0 aliphatic carbocycles. The lowest BCUT2D eigenvalue weighted by atomic mass is 10.1. The first-order valence-corrected chi connectivity index (χ1v) is 9.56. The van der Waals surface area contributed by atoms with Crippen molar-refractivity contribution in [1.29, 1.82) is 0 Å². The number of nitrogens with one attached hydrogen (secondary N) is 1. The van der Waals surface area contributed by atoms with E-state index in [2.05, 4.69) is 10.1 Å². The molecule has 3 aromatic carbocycles. The van der Waals surface area contributed by atoms with Crippen molar-refractivity contribution in [1.82, 2.24) is 0 Å². The van der Waals surface area contributed by atoms with E-state index in [1.165, 1.54) is 6.07 Å². The van der Waals surface area contributed by atoms with E-state index in [9.17, 15) is 27.2 Å². The van der Waals surface area contributed by atoms with Crippen molar-refractivity contribution in [3.05, 3.63) is 78.1 Å². The Kier molecular flexibility index (Phi) is 7.29. The van der Waals surface area contributed by atoms with Crippen LogP contribution in [-0.2, 0) is 4.79 Å². The van der Waals surface area contributed by atoms with E-state index in [0.717, 1.165) is 17.5 Å². The van der Waals surface area contributed by atoms with Crippen molar-refractivity contribution in [3.63, 3.8) is 0 Å². The molecule has 0 radical (unpaired) electrons. The van der Waals surface area contributed by atoms with Gasteiger partial charge in [0.2, 0.25) is 0 Å². The minimum Gasteiger partial charge on any atom is -0.489 e. The lowest BCUT2D eigenvalue weighted by Gasteiger charge is -2.15. The van der Waals surface area contributed by atoms with Crippen LogP contribution in [0, 0.1) is 0 Å². The van der Waals surface area contributed by atoms with Crippen LogP contribution >= 0.6 is 0 Å².